The van der Waals surface area contributed by atoms with Crippen molar-refractivity contribution in [2.24, 2.45) is 5.92 Å². The number of fused-ring (bicyclic) bond motifs is 1. The van der Waals surface area contributed by atoms with Crippen LogP contribution in [0.4, 0.5) is 11.5 Å². The van der Waals surface area contributed by atoms with Gasteiger partial charge in [0.15, 0.2) is 11.5 Å². The van der Waals surface area contributed by atoms with Crippen LogP contribution in [-0.4, -0.2) is 33.5 Å². The first-order chi connectivity index (χ1) is 17.4. The van der Waals surface area contributed by atoms with Crippen molar-refractivity contribution in [3.63, 3.8) is 0 Å². The molecule has 0 radical (unpaired) electrons. The third-order valence-electron chi connectivity index (χ3n) is 6.97. The lowest BCUT2D eigenvalue weighted by atomic mass is 9.96. The Hall–Kier alpha value is -4.00. The molecule has 1 atom stereocenters. The molecule has 0 aliphatic carbocycles. The lowest BCUT2D eigenvalue weighted by molar-refractivity contribution is -0.120. The zero-order chi connectivity index (χ0) is 25.2. The largest absolute Gasteiger partial charge is 0.351 e. The number of carbonyl (C=O) groups is 1. The molecule has 184 valence electrons. The van der Waals surface area contributed by atoms with E-state index < -0.39 is 0 Å². The van der Waals surface area contributed by atoms with E-state index in [1.54, 1.807) is 10.8 Å². The van der Waals surface area contributed by atoms with Crippen LogP contribution in [0.1, 0.15) is 35.1 Å². The number of amides is 1. The van der Waals surface area contributed by atoms with E-state index in [4.69, 9.17) is 4.98 Å². The minimum absolute atomic E-state index is 0.0143. The summed E-state index contributed by atoms with van der Waals surface area (Å²) in [4.78, 5) is 38.1. The summed E-state index contributed by atoms with van der Waals surface area (Å²) >= 11 is 0. The van der Waals surface area contributed by atoms with Crippen molar-refractivity contribution in [1.29, 1.82) is 0 Å². The highest BCUT2D eigenvalue weighted by molar-refractivity contribution is 5.94. The summed E-state index contributed by atoms with van der Waals surface area (Å²) in [5.74, 6) is 0.140. The fourth-order valence-corrected chi connectivity index (χ4v) is 4.91. The van der Waals surface area contributed by atoms with E-state index in [1.165, 1.54) is 5.56 Å². The van der Waals surface area contributed by atoms with Gasteiger partial charge in [0.05, 0.1) is 12.5 Å². The van der Waals surface area contributed by atoms with Gasteiger partial charge in [-0.15, -0.1) is 0 Å². The maximum Gasteiger partial charge on any atom is 0.295 e. The topological polar surface area (TPSA) is 80.1 Å². The molecule has 1 fully saturated rings. The van der Waals surface area contributed by atoms with Crippen molar-refractivity contribution in [3.8, 4) is 0 Å². The van der Waals surface area contributed by atoms with Gasteiger partial charge in [-0.1, -0.05) is 48.0 Å². The van der Waals surface area contributed by atoms with Gasteiger partial charge in [0.25, 0.3) is 5.56 Å². The average Bonchev–Trinajstić information content (AvgIpc) is 2.89. The fourth-order valence-electron chi connectivity index (χ4n) is 4.91. The van der Waals surface area contributed by atoms with Crippen molar-refractivity contribution in [3.05, 3.63) is 93.4 Å². The van der Waals surface area contributed by atoms with E-state index in [2.05, 4.69) is 10.3 Å². The molecule has 0 bridgehead atoms. The van der Waals surface area contributed by atoms with Crippen LogP contribution in [0.2, 0.25) is 0 Å². The molecule has 0 unspecified atom stereocenters. The van der Waals surface area contributed by atoms with Gasteiger partial charge in [-0.25, -0.2) is 9.97 Å². The standard InChI is InChI=1S/C29H31N5O2/c1-19-11-13-22(14-12-19)17-34-26-24(10-5-15-30-26)31-27(29(34)36)33-16-6-9-23(18-33)28(35)32-25-20(2)7-4-8-21(25)3/h4-5,7-8,10-15,23H,6,9,16-18H2,1-3H3,(H,32,35)/t23-/m1/s1. The zero-order valence-corrected chi connectivity index (χ0v) is 21.0. The van der Waals surface area contributed by atoms with E-state index in [0.29, 0.717) is 36.6 Å². The number of hydrogen-bond acceptors (Lipinski definition) is 5. The van der Waals surface area contributed by atoms with E-state index in [9.17, 15) is 9.59 Å². The Kier molecular flexibility index (Phi) is 6.55. The number of anilines is 2. The van der Waals surface area contributed by atoms with Crippen LogP contribution < -0.4 is 15.8 Å². The molecule has 1 aliphatic rings. The van der Waals surface area contributed by atoms with Gasteiger partial charge >= 0.3 is 0 Å². The number of para-hydroxylation sites is 1. The Morgan fingerprint density at radius 1 is 1.03 bits per heavy atom. The number of hydrogen-bond donors (Lipinski definition) is 1. The molecule has 1 aliphatic heterocycles. The van der Waals surface area contributed by atoms with Crippen LogP contribution in [0, 0.1) is 26.7 Å². The molecule has 5 rings (SSSR count). The molecule has 1 N–H and O–H groups in total. The monoisotopic (exact) mass is 481 g/mol. The first kappa shape index (κ1) is 23.7. The van der Waals surface area contributed by atoms with E-state index in [0.717, 1.165) is 35.2 Å². The highest BCUT2D eigenvalue weighted by atomic mass is 16.2. The van der Waals surface area contributed by atoms with Gasteiger partial charge < -0.3 is 10.2 Å². The van der Waals surface area contributed by atoms with Crippen molar-refractivity contribution >= 4 is 28.6 Å². The second-order valence-electron chi connectivity index (χ2n) is 9.70. The van der Waals surface area contributed by atoms with Gasteiger partial charge in [-0.2, -0.15) is 0 Å². The molecule has 4 aromatic rings. The molecule has 36 heavy (non-hydrogen) atoms. The SMILES string of the molecule is Cc1ccc(Cn2c(=O)c(N3CCC[C@@H](C(=O)Nc4c(C)cccc4C)C3)nc3cccnc32)cc1. The summed E-state index contributed by atoms with van der Waals surface area (Å²) in [5, 5.41) is 3.13. The van der Waals surface area contributed by atoms with Crippen molar-refractivity contribution in [1.82, 2.24) is 14.5 Å². The van der Waals surface area contributed by atoms with Gasteiger partial charge in [-0.3, -0.25) is 14.2 Å². The minimum atomic E-state index is -0.228. The van der Waals surface area contributed by atoms with Crippen molar-refractivity contribution in [2.75, 3.05) is 23.3 Å². The Labute approximate surface area is 210 Å². The fraction of sp³-hybridized carbons (Fsp3) is 0.310. The Balaban J connectivity index is 1.45. The number of carbonyl (C=O) groups excluding carboxylic acids is 1. The maximum atomic E-state index is 13.7. The molecular weight excluding hydrogens is 450 g/mol. The van der Waals surface area contributed by atoms with Gasteiger partial charge in [0.2, 0.25) is 5.91 Å². The first-order valence-corrected chi connectivity index (χ1v) is 12.4. The number of aryl methyl sites for hydroxylation is 3. The highest BCUT2D eigenvalue weighted by Crippen LogP contribution is 2.25. The Bertz CT molecular complexity index is 1460. The minimum Gasteiger partial charge on any atom is -0.351 e. The van der Waals surface area contributed by atoms with Crippen LogP contribution in [0.3, 0.4) is 0 Å². The summed E-state index contributed by atoms with van der Waals surface area (Å²) in [6.45, 7) is 7.59. The average molecular weight is 482 g/mol. The molecule has 3 heterocycles. The normalized spacial score (nSPS) is 15.8. The summed E-state index contributed by atoms with van der Waals surface area (Å²) in [6.07, 6.45) is 3.28. The number of benzene rings is 2. The molecule has 1 saturated heterocycles. The third kappa shape index (κ3) is 4.73. The molecule has 0 saturated carbocycles. The first-order valence-electron chi connectivity index (χ1n) is 12.4. The predicted octanol–water partition coefficient (Wildman–Crippen LogP) is 4.62. The third-order valence-corrected chi connectivity index (χ3v) is 6.97. The lowest BCUT2D eigenvalue weighted by Crippen LogP contribution is -2.44. The molecular formula is C29H31N5O2. The highest BCUT2D eigenvalue weighted by Gasteiger charge is 2.29. The molecule has 2 aromatic heterocycles. The second-order valence-corrected chi connectivity index (χ2v) is 9.70. The zero-order valence-electron chi connectivity index (χ0n) is 21.0. The number of nitrogens with zero attached hydrogens (tertiary/aromatic N) is 4. The maximum absolute atomic E-state index is 13.7. The van der Waals surface area contributed by atoms with Gasteiger partial charge in [-0.05, 0) is 62.4 Å². The second kappa shape index (κ2) is 9.93. The number of piperidine rings is 1. The Morgan fingerprint density at radius 3 is 2.53 bits per heavy atom. The number of rotatable bonds is 5. The predicted molar refractivity (Wildman–Crippen MR) is 144 cm³/mol. The summed E-state index contributed by atoms with van der Waals surface area (Å²) < 4.78 is 1.70. The van der Waals surface area contributed by atoms with E-state index >= 15 is 0 Å². The molecule has 0 spiro atoms. The van der Waals surface area contributed by atoms with Crippen LogP contribution in [0.25, 0.3) is 11.2 Å². The smallest absolute Gasteiger partial charge is 0.295 e. The van der Waals surface area contributed by atoms with Gasteiger partial charge in [0.1, 0.15) is 5.52 Å². The van der Waals surface area contributed by atoms with Crippen molar-refractivity contribution < 1.29 is 4.79 Å². The number of aromatic nitrogens is 3. The van der Waals surface area contributed by atoms with Crippen LogP contribution in [0.5, 0.6) is 0 Å². The number of nitrogens with one attached hydrogen (secondary N) is 1. The molecule has 7 heteroatoms. The van der Waals surface area contributed by atoms with Crippen LogP contribution in [0.15, 0.2) is 65.6 Å². The summed E-state index contributed by atoms with van der Waals surface area (Å²) in [6, 6.07) is 17.9. The summed E-state index contributed by atoms with van der Waals surface area (Å²) in [7, 11) is 0. The number of pyridine rings is 1. The Morgan fingerprint density at radius 2 is 1.78 bits per heavy atom. The van der Waals surface area contributed by atoms with Gasteiger partial charge in [0, 0.05) is 25.0 Å². The van der Waals surface area contributed by atoms with Crippen molar-refractivity contribution in [2.45, 2.75) is 40.2 Å². The quantitative estimate of drug-likeness (QED) is 0.450. The van der Waals surface area contributed by atoms with E-state index in [-0.39, 0.29) is 17.4 Å². The lowest BCUT2D eigenvalue weighted by Gasteiger charge is -2.33. The molecule has 2 aromatic carbocycles. The van der Waals surface area contributed by atoms with E-state index in [1.807, 2.05) is 80.3 Å². The van der Waals surface area contributed by atoms with Crippen LogP contribution >= 0.6 is 0 Å². The molecule has 7 nitrogen and oxygen atoms in total. The van der Waals surface area contributed by atoms with Crippen LogP contribution in [-0.2, 0) is 11.3 Å². The molecule has 1 amide bonds. The summed E-state index contributed by atoms with van der Waals surface area (Å²) in [5.41, 5.74) is 6.19.